The molecule has 2 rings (SSSR count). The molecule has 1 aliphatic heterocycles. The first-order valence-corrected chi connectivity index (χ1v) is 8.06. The van der Waals surface area contributed by atoms with E-state index in [2.05, 4.69) is 14.9 Å². The molecule has 1 saturated heterocycles. The van der Waals surface area contributed by atoms with Crippen molar-refractivity contribution in [2.75, 3.05) is 42.1 Å². The summed E-state index contributed by atoms with van der Waals surface area (Å²) in [5, 5.41) is 7.83. The summed E-state index contributed by atoms with van der Waals surface area (Å²) in [7, 11) is -3.34. The Morgan fingerprint density at radius 3 is 2.30 bits per heavy atom. The first kappa shape index (κ1) is 14.5. The second-order valence-corrected chi connectivity index (χ2v) is 6.39. The molecular formula is C11H17N5O3S. The quantitative estimate of drug-likeness (QED) is 0.809. The Balaban J connectivity index is 1.99. The van der Waals surface area contributed by atoms with Gasteiger partial charge in [0.2, 0.25) is 15.9 Å². The molecule has 0 atom stereocenters. The van der Waals surface area contributed by atoms with Crippen molar-refractivity contribution in [1.29, 1.82) is 0 Å². The van der Waals surface area contributed by atoms with Crippen molar-refractivity contribution in [2.24, 2.45) is 0 Å². The number of carbonyl (C=O) groups is 1. The maximum atomic E-state index is 11.2. The Kier molecular flexibility index (Phi) is 4.07. The van der Waals surface area contributed by atoms with Gasteiger partial charge in [0.05, 0.1) is 6.26 Å². The van der Waals surface area contributed by atoms with E-state index in [1.807, 2.05) is 4.90 Å². The molecule has 1 N–H and O–H groups in total. The number of anilines is 2. The zero-order chi connectivity index (χ0) is 14.8. The van der Waals surface area contributed by atoms with Gasteiger partial charge in [0.25, 0.3) is 0 Å². The van der Waals surface area contributed by atoms with Gasteiger partial charge in [-0.3, -0.25) is 9.52 Å². The third kappa shape index (κ3) is 3.80. The van der Waals surface area contributed by atoms with E-state index in [4.69, 9.17) is 0 Å². The Morgan fingerprint density at radius 1 is 1.20 bits per heavy atom. The number of aromatic nitrogens is 2. The molecular weight excluding hydrogens is 282 g/mol. The van der Waals surface area contributed by atoms with E-state index in [1.54, 1.807) is 24.0 Å². The van der Waals surface area contributed by atoms with E-state index in [-0.39, 0.29) is 11.7 Å². The lowest BCUT2D eigenvalue weighted by molar-refractivity contribution is -0.129. The van der Waals surface area contributed by atoms with Gasteiger partial charge in [-0.2, -0.15) is 0 Å². The fraction of sp³-hybridized carbons (Fsp3) is 0.545. The molecule has 9 heteroatoms. The minimum atomic E-state index is -3.34. The van der Waals surface area contributed by atoms with Crippen LogP contribution in [0.2, 0.25) is 0 Å². The normalized spacial score (nSPS) is 16.1. The topological polar surface area (TPSA) is 95.5 Å². The van der Waals surface area contributed by atoms with Crippen LogP contribution in [0, 0.1) is 0 Å². The highest BCUT2D eigenvalue weighted by atomic mass is 32.2. The maximum Gasteiger partial charge on any atom is 0.231 e. The number of carbonyl (C=O) groups excluding carboxylic acids is 1. The van der Waals surface area contributed by atoms with Crippen LogP contribution in [-0.4, -0.2) is 61.9 Å². The van der Waals surface area contributed by atoms with Crippen LogP contribution in [0.15, 0.2) is 12.1 Å². The lowest BCUT2D eigenvalue weighted by Gasteiger charge is -2.34. The van der Waals surface area contributed by atoms with Crippen molar-refractivity contribution >= 4 is 27.6 Å². The maximum absolute atomic E-state index is 11.2. The summed E-state index contributed by atoms with van der Waals surface area (Å²) in [6, 6.07) is 3.28. The molecule has 110 valence electrons. The van der Waals surface area contributed by atoms with Gasteiger partial charge < -0.3 is 9.80 Å². The molecule has 1 aromatic rings. The highest BCUT2D eigenvalue weighted by Gasteiger charge is 2.19. The van der Waals surface area contributed by atoms with Gasteiger partial charge in [-0.25, -0.2) is 8.42 Å². The number of piperazine rings is 1. The van der Waals surface area contributed by atoms with E-state index in [0.29, 0.717) is 32.0 Å². The van der Waals surface area contributed by atoms with Crippen molar-refractivity contribution in [1.82, 2.24) is 15.1 Å². The first-order valence-electron chi connectivity index (χ1n) is 6.17. The largest absolute Gasteiger partial charge is 0.352 e. The average molecular weight is 299 g/mol. The average Bonchev–Trinajstić information content (AvgIpc) is 2.38. The molecule has 20 heavy (non-hydrogen) atoms. The van der Waals surface area contributed by atoms with Gasteiger partial charge in [-0.05, 0) is 12.1 Å². The molecule has 2 heterocycles. The molecule has 8 nitrogen and oxygen atoms in total. The van der Waals surface area contributed by atoms with Gasteiger partial charge in [-0.15, -0.1) is 10.2 Å². The molecule has 0 spiro atoms. The van der Waals surface area contributed by atoms with Crippen LogP contribution in [0.4, 0.5) is 11.6 Å². The second kappa shape index (κ2) is 5.61. The molecule has 0 aromatic carbocycles. The Morgan fingerprint density at radius 2 is 1.85 bits per heavy atom. The number of hydrogen-bond acceptors (Lipinski definition) is 6. The smallest absolute Gasteiger partial charge is 0.231 e. The molecule has 0 saturated carbocycles. The van der Waals surface area contributed by atoms with E-state index in [0.717, 1.165) is 6.26 Å². The first-order chi connectivity index (χ1) is 9.35. The molecule has 1 aliphatic rings. The Labute approximate surface area is 117 Å². The fourth-order valence-electron chi connectivity index (χ4n) is 1.99. The predicted molar refractivity (Wildman–Crippen MR) is 75.0 cm³/mol. The van der Waals surface area contributed by atoms with Gasteiger partial charge in [-0.1, -0.05) is 0 Å². The third-order valence-electron chi connectivity index (χ3n) is 2.99. The summed E-state index contributed by atoms with van der Waals surface area (Å²) in [5.41, 5.74) is 0. The fourth-order valence-corrected chi connectivity index (χ4v) is 2.48. The second-order valence-electron chi connectivity index (χ2n) is 4.64. The monoisotopic (exact) mass is 299 g/mol. The van der Waals surface area contributed by atoms with E-state index >= 15 is 0 Å². The van der Waals surface area contributed by atoms with Crippen molar-refractivity contribution in [3.8, 4) is 0 Å². The molecule has 0 radical (unpaired) electrons. The molecule has 0 unspecified atom stereocenters. The summed E-state index contributed by atoms with van der Waals surface area (Å²) in [6.45, 7) is 4.24. The SMILES string of the molecule is CC(=O)N1CCN(c2ccc(NS(C)(=O)=O)nn2)CC1. The van der Waals surface area contributed by atoms with Crippen molar-refractivity contribution in [3.63, 3.8) is 0 Å². The number of sulfonamides is 1. The highest BCUT2D eigenvalue weighted by Crippen LogP contribution is 2.14. The van der Waals surface area contributed by atoms with Crippen LogP contribution < -0.4 is 9.62 Å². The van der Waals surface area contributed by atoms with Crippen LogP contribution in [0.5, 0.6) is 0 Å². The lowest BCUT2D eigenvalue weighted by atomic mass is 10.3. The van der Waals surface area contributed by atoms with Crippen LogP contribution in [0.3, 0.4) is 0 Å². The number of amides is 1. The predicted octanol–water partition coefficient (Wildman–Crippen LogP) is -0.483. The van der Waals surface area contributed by atoms with Gasteiger partial charge in [0.1, 0.15) is 0 Å². The van der Waals surface area contributed by atoms with E-state index in [1.165, 1.54) is 0 Å². The van der Waals surface area contributed by atoms with Crippen LogP contribution in [0.25, 0.3) is 0 Å². The molecule has 1 aromatic heterocycles. The Hall–Kier alpha value is -1.90. The van der Waals surface area contributed by atoms with E-state index < -0.39 is 10.0 Å². The summed E-state index contributed by atoms with van der Waals surface area (Å²) in [5.74, 6) is 0.939. The van der Waals surface area contributed by atoms with Crippen molar-refractivity contribution in [2.45, 2.75) is 6.92 Å². The summed E-state index contributed by atoms with van der Waals surface area (Å²) >= 11 is 0. The Bertz CT molecular complexity index is 579. The minimum absolute atomic E-state index is 0.0726. The van der Waals surface area contributed by atoms with Gasteiger partial charge >= 0.3 is 0 Å². The number of rotatable bonds is 3. The van der Waals surface area contributed by atoms with Gasteiger partial charge in [0.15, 0.2) is 11.6 Å². The number of nitrogens with zero attached hydrogens (tertiary/aromatic N) is 4. The van der Waals surface area contributed by atoms with Crippen LogP contribution in [0.1, 0.15) is 6.92 Å². The molecule has 0 aliphatic carbocycles. The molecule has 0 bridgehead atoms. The summed E-state index contributed by atoms with van der Waals surface area (Å²) in [4.78, 5) is 15.0. The number of hydrogen-bond donors (Lipinski definition) is 1. The van der Waals surface area contributed by atoms with Crippen molar-refractivity contribution < 1.29 is 13.2 Å². The van der Waals surface area contributed by atoms with Crippen molar-refractivity contribution in [3.05, 3.63) is 12.1 Å². The molecule has 1 amide bonds. The van der Waals surface area contributed by atoms with E-state index in [9.17, 15) is 13.2 Å². The highest BCUT2D eigenvalue weighted by molar-refractivity contribution is 7.92. The third-order valence-corrected chi connectivity index (χ3v) is 3.57. The minimum Gasteiger partial charge on any atom is -0.352 e. The summed E-state index contributed by atoms with van der Waals surface area (Å²) in [6.07, 6.45) is 1.06. The zero-order valence-corrected chi connectivity index (χ0v) is 12.2. The zero-order valence-electron chi connectivity index (χ0n) is 11.4. The van der Waals surface area contributed by atoms with Gasteiger partial charge in [0, 0.05) is 33.1 Å². The summed E-state index contributed by atoms with van der Waals surface area (Å²) < 4.78 is 24.4. The molecule has 1 fully saturated rings. The van der Waals surface area contributed by atoms with Crippen LogP contribution >= 0.6 is 0 Å². The number of nitrogens with one attached hydrogen (secondary N) is 1. The lowest BCUT2D eigenvalue weighted by Crippen LogP contribution is -2.48. The standard InChI is InChI=1S/C11H17N5O3S/c1-9(17)15-5-7-16(8-6-15)11-4-3-10(12-13-11)14-20(2,18)19/h3-4H,5-8H2,1-2H3,(H,12,14). The van der Waals surface area contributed by atoms with Crippen LogP contribution in [-0.2, 0) is 14.8 Å².